The van der Waals surface area contributed by atoms with Crippen molar-refractivity contribution < 1.29 is 9.18 Å². The lowest BCUT2D eigenvalue weighted by atomic mass is 10.1. The first kappa shape index (κ1) is 23.2. The van der Waals surface area contributed by atoms with Crippen LogP contribution >= 0.6 is 24.8 Å². The Morgan fingerprint density at radius 2 is 2.00 bits per heavy atom. The normalized spacial score (nSPS) is 15.0. The number of aromatic amines is 1. The van der Waals surface area contributed by atoms with Gasteiger partial charge in [0.25, 0.3) is 5.91 Å². The van der Waals surface area contributed by atoms with Gasteiger partial charge in [-0.05, 0) is 31.0 Å². The van der Waals surface area contributed by atoms with E-state index < -0.39 is 11.7 Å². The van der Waals surface area contributed by atoms with Gasteiger partial charge in [-0.2, -0.15) is 5.10 Å². The van der Waals surface area contributed by atoms with Crippen LogP contribution in [0.1, 0.15) is 46.8 Å². The molecule has 2 aliphatic heterocycles. The standard InChI is InChI=1S/C20H22FN7O.2ClH/c21-14-6-5-12(19-27-25-17-4-2-1-3-9-28(17)19)10-16(14)23-20(29)18-13-11-22-8-7-15(13)24-26-18;;/h5-6,10,22H,1-4,7-9,11H2,(H,23,29)(H,24,26);2*1H. The highest BCUT2D eigenvalue weighted by molar-refractivity contribution is 6.04. The fourth-order valence-corrected chi connectivity index (χ4v) is 4.05. The van der Waals surface area contributed by atoms with Crippen molar-refractivity contribution in [2.75, 3.05) is 11.9 Å². The third-order valence-corrected chi connectivity index (χ3v) is 5.60. The van der Waals surface area contributed by atoms with Gasteiger partial charge < -0.3 is 15.2 Å². The second-order valence-corrected chi connectivity index (χ2v) is 7.51. The highest BCUT2D eigenvalue weighted by Gasteiger charge is 2.23. The summed E-state index contributed by atoms with van der Waals surface area (Å²) >= 11 is 0. The van der Waals surface area contributed by atoms with Crippen LogP contribution in [0.25, 0.3) is 11.4 Å². The number of benzene rings is 1. The van der Waals surface area contributed by atoms with Crippen LogP contribution in [0, 0.1) is 5.82 Å². The molecule has 3 aromatic rings. The van der Waals surface area contributed by atoms with Crippen LogP contribution < -0.4 is 10.6 Å². The molecule has 0 saturated heterocycles. The number of halogens is 3. The van der Waals surface area contributed by atoms with Crippen molar-refractivity contribution in [1.82, 2.24) is 30.3 Å². The molecule has 31 heavy (non-hydrogen) atoms. The molecule has 1 amide bonds. The number of aromatic nitrogens is 5. The molecule has 0 atom stereocenters. The van der Waals surface area contributed by atoms with Gasteiger partial charge in [0.2, 0.25) is 0 Å². The van der Waals surface area contributed by atoms with E-state index >= 15 is 0 Å². The fraction of sp³-hybridized carbons (Fsp3) is 0.400. The molecule has 2 aromatic heterocycles. The zero-order chi connectivity index (χ0) is 19.8. The summed E-state index contributed by atoms with van der Waals surface area (Å²) in [5, 5.41) is 21.6. The number of hydrogen-bond acceptors (Lipinski definition) is 5. The summed E-state index contributed by atoms with van der Waals surface area (Å²) < 4.78 is 16.6. The molecule has 0 bridgehead atoms. The number of hydrogen-bond donors (Lipinski definition) is 3. The van der Waals surface area contributed by atoms with E-state index in [1.54, 1.807) is 12.1 Å². The average Bonchev–Trinajstić information content (AvgIpc) is 3.27. The maximum atomic E-state index is 14.5. The molecular formula is C20H24Cl2FN7O. The van der Waals surface area contributed by atoms with Crippen LogP contribution in [-0.4, -0.2) is 37.4 Å². The van der Waals surface area contributed by atoms with Gasteiger partial charge in [-0.1, -0.05) is 6.42 Å². The Labute approximate surface area is 191 Å². The van der Waals surface area contributed by atoms with Crippen molar-refractivity contribution in [2.45, 2.75) is 45.2 Å². The van der Waals surface area contributed by atoms with Crippen LogP contribution in [0.2, 0.25) is 0 Å². The maximum Gasteiger partial charge on any atom is 0.276 e. The lowest BCUT2D eigenvalue weighted by molar-refractivity contribution is 0.102. The molecule has 1 aromatic carbocycles. The SMILES string of the molecule is Cl.Cl.O=C(Nc1cc(-c2nnc3n2CCCCC3)ccc1F)c1n[nH]c2c1CNCC2. The zero-order valence-corrected chi connectivity index (χ0v) is 18.4. The number of anilines is 1. The number of carbonyl (C=O) groups is 1. The molecule has 2 aliphatic rings. The Morgan fingerprint density at radius 3 is 2.87 bits per heavy atom. The fourth-order valence-electron chi connectivity index (χ4n) is 4.05. The number of aryl methyl sites for hydroxylation is 1. The Morgan fingerprint density at radius 1 is 1.13 bits per heavy atom. The number of amides is 1. The third kappa shape index (κ3) is 4.44. The van der Waals surface area contributed by atoms with E-state index in [4.69, 9.17) is 0 Å². The molecule has 8 nitrogen and oxygen atoms in total. The van der Waals surface area contributed by atoms with Gasteiger partial charge >= 0.3 is 0 Å². The first-order valence-corrected chi connectivity index (χ1v) is 10.0. The minimum absolute atomic E-state index is 0. The molecule has 3 N–H and O–H groups in total. The molecule has 5 rings (SSSR count). The first-order chi connectivity index (χ1) is 14.2. The summed E-state index contributed by atoms with van der Waals surface area (Å²) in [5.74, 6) is 0.740. The molecule has 4 heterocycles. The Kier molecular flexibility index (Phi) is 7.30. The van der Waals surface area contributed by atoms with E-state index in [1.807, 2.05) is 0 Å². The van der Waals surface area contributed by atoms with E-state index in [-0.39, 0.29) is 30.5 Å². The van der Waals surface area contributed by atoms with Crippen LogP contribution in [0.15, 0.2) is 18.2 Å². The van der Waals surface area contributed by atoms with Crippen LogP contribution in [0.3, 0.4) is 0 Å². The van der Waals surface area contributed by atoms with Gasteiger partial charge in [-0.15, -0.1) is 35.0 Å². The average molecular weight is 468 g/mol. The lowest BCUT2D eigenvalue weighted by Crippen LogP contribution is -2.25. The lowest BCUT2D eigenvalue weighted by Gasteiger charge is -2.13. The van der Waals surface area contributed by atoms with Gasteiger partial charge in [0, 0.05) is 49.3 Å². The van der Waals surface area contributed by atoms with Gasteiger partial charge in [-0.25, -0.2) is 4.39 Å². The first-order valence-electron chi connectivity index (χ1n) is 10.0. The van der Waals surface area contributed by atoms with Gasteiger partial charge in [0.15, 0.2) is 11.5 Å². The van der Waals surface area contributed by atoms with E-state index in [0.717, 1.165) is 67.8 Å². The molecule has 166 valence electrons. The van der Waals surface area contributed by atoms with Gasteiger partial charge in [-0.3, -0.25) is 9.89 Å². The summed E-state index contributed by atoms with van der Waals surface area (Å²) in [6.45, 7) is 2.27. The zero-order valence-electron chi connectivity index (χ0n) is 16.8. The Bertz CT molecular complexity index is 1080. The number of rotatable bonds is 3. The second kappa shape index (κ2) is 9.76. The summed E-state index contributed by atoms with van der Waals surface area (Å²) in [4.78, 5) is 12.8. The van der Waals surface area contributed by atoms with Crippen molar-refractivity contribution in [3.05, 3.63) is 46.8 Å². The van der Waals surface area contributed by atoms with Crippen molar-refractivity contribution in [3.63, 3.8) is 0 Å². The third-order valence-electron chi connectivity index (χ3n) is 5.60. The van der Waals surface area contributed by atoms with Crippen LogP contribution in [0.4, 0.5) is 10.1 Å². The molecule has 0 unspecified atom stereocenters. The van der Waals surface area contributed by atoms with E-state index in [9.17, 15) is 9.18 Å². The molecule has 11 heteroatoms. The summed E-state index contributed by atoms with van der Waals surface area (Å²) in [7, 11) is 0. The molecular weight excluding hydrogens is 444 g/mol. The van der Waals surface area contributed by atoms with Crippen LogP contribution in [-0.2, 0) is 25.9 Å². The number of H-pyrrole nitrogens is 1. The van der Waals surface area contributed by atoms with Gasteiger partial charge in [0.05, 0.1) is 5.69 Å². The molecule has 0 aliphatic carbocycles. The number of fused-ring (bicyclic) bond motifs is 2. The Balaban J connectivity index is 0.00000136. The van der Waals surface area contributed by atoms with Crippen LogP contribution in [0.5, 0.6) is 0 Å². The van der Waals surface area contributed by atoms with Crippen molar-refractivity contribution in [3.8, 4) is 11.4 Å². The molecule has 0 radical (unpaired) electrons. The molecule has 0 spiro atoms. The highest BCUT2D eigenvalue weighted by atomic mass is 35.5. The second-order valence-electron chi connectivity index (χ2n) is 7.51. The van der Waals surface area contributed by atoms with E-state index in [0.29, 0.717) is 18.1 Å². The van der Waals surface area contributed by atoms with Crippen molar-refractivity contribution in [1.29, 1.82) is 0 Å². The highest BCUT2D eigenvalue weighted by Crippen LogP contribution is 2.27. The molecule has 0 saturated carbocycles. The summed E-state index contributed by atoms with van der Waals surface area (Å²) in [6, 6.07) is 4.64. The Hall–Kier alpha value is -2.49. The maximum absolute atomic E-state index is 14.5. The number of carbonyl (C=O) groups excluding carboxylic acids is 1. The van der Waals surface area contributed by atoms with Crippen molar-refractivity contribution >= 4 is 36.4 Å². The summed E-state index contributed by atoms with van der Waals surface area (Å²) in [5.41, 5.74) is 2.93. The quantitative estimate of drug-likeness (QED) is 0.548. The molecule has 0 fully saturated rings. The minimum Gasteiger partial charge on any atom is -0.318 e. The number of nitrogens with one attached hydrogen (secondary N) is 3. The monoisotopic (exact) mass is 467 g/mol. The minimum atomic E-state index is -0.500. The largest absolute Gasteiger partial charge is 0.318 e. The predicted octanol–water partition coefficient (Wildman–Crippen LogP) is 3.28. The van der Waals surface area contributed by atoms with E-state index in [2.05, 4.69) is 35.6 Å². The van der Waals surface area contributed by atoms with Gasteiger partial charge in [0.1, 0.15) is 11.6 Å². The topological polar surface area (TPSA) is 101 Å². The summed E-state index contributed by atoms with van der Waals surface area (Å²) in [6.07, 6.45) is 5.02. The predicted molar refractivity (Wildman–Crippen MR) is 119 cm³/mol. The van der Waals surface area contributed by atoms with E-state index in [1.165, 1.54) is 6.07 Å². The van der Waals surface area contributed by atoms with Crippen molar-refractivity contribution in [2.24, 2.45) is 0 Å². The number of nitrogens with zero attached hydrogens (tertiary/aromatic N) is 4. The smallest absolute Gasteiger partial charge is 0.276 e.